The highest BCUT2D eigenvalue weighted by Crippen LogP contribution is 2.40. The van der Waals surface area contributed by atoms with Gasteiger partial charge in [0.2, 0.25) is 0 Å². The number of rotatable bonds is 3. The standard InChI is InChI=1S/C10H12N2S/c1-12(10(8-11)3-4-10)6-9-2-5-13-7-9/h2,5,7H,3-4,6H2,1H3. The highest BCUT2D eigenvalue weighted by Gasteiger charge is 2.46. The maximum Gasteiger partial charge on any atom is 0.109 e. The molecule has 0 spiro atoms. The molecule has 0 aromatic carbocycles. The zero-order valence-corrected chi connectivity index (χ0v) is 8.47. The van der Waals surface area contributed by atoms with Crippen LogP contribution in [-0.4, -0.2) is 17.5 Å². The van der Waals surface area contributed by atoms with E-state index in [1.165, 1.54) is 5.56 Å². The van der Waals surface area contributed by atoms with Gasteiger partial charge in [0, 0.05) is 6.54 Å². The summed E-state index contributed by atoms with van der Waals surface area (Å²) in [4.78, 5) is 2.16. The quantitative estimate of drug-likeness (QED) is 0.734. The highest BCUT2D eigenvalue weighted by molar-refractivity contribution is 7.07. The maximum absolute atomic E-state index is 8.97. The monoisotopic (exact) mass is 192 g/mol. The second kappa shape index (κ2) is 3.13. The van der Waals surface area contributed by atoms with Gasteiger partial charge in [-0.15, -0.1) is 0 Å². The van der Waals surface area contributed by atoms with Gasteiger partial charge in [0.1, 0.15) is 5.54 Å². The van der Waals surface area contributed by atoms with Crippen molar-refractivity contribution < 1.29 is 0 Å². The molecule has 0 amide bonds. The summed E-state index contributed by atoms with van der Waals surface area (Å²) in [6.07, 6.45) is 2.06. The van der Waals surface area contributed by atoms with E-state index in [0.717, 1.165) is 19.4 Å². The molecule has 0 N–H and O–H groups in total. The van der Waals surface area contributed by atoms with Crippen molar-refractivity contribution in [1.29, 1.82) is 5.26 Å². The van der Waals surface area contributed by atoms with Crippen molar-refractivity contribution in [2.75, 3.05) is 7.05 Å². The largest absolute Gasteiger partial charge is 0.284 e. The highest BCUT2D eigenvalue weighted by atomic mass is 32.1. The van der Waals surface area contributed by atoms with Crippen LogP contribution in [0, 0.1) is 11.3 Å². The Labute approximate surface area is 82.4 Å². The van der Waals surface area contributed by atoms with Crippen LogP contribution >= 0.6 is 11.3 Å². The van der Waals surface area contributed by atoms with E-state index in [2.05, 4.69) is 27.8 Å². The molecule has 68 valence electrons. The lowest BCUT2D eigenvalue weighted by Crippen LogP contribution is -2.31. The van der Waals surface area contributed by atoms with Crippen molar-refractivity contribution >= 4 is 11.3 Å². The number of nitriles is 1. The van der Waals surface area contributed by atoms with E-state index in [4.69, 9.17) is 5.26 Å². The lowest BCUT2D eigenvalue weighted by Gasteiger charge is -2.20. The van der Waals surface area contributed by atoms with Gasteiger partial charge in [-0.1, -0.05) is 0 Å². The normalized spacial score (nSPS) is 18.5. The SMILES string of the molecule is CN(Cc1ccsc1)C1(C#N)CC1. The average molecular weight is 192 g/mol. The van der Waals surface area contributed by atoms with Crippen molar-refractivity contribution in [3.8, 4) is 6.07 Å². The van der Waals surface area contributed by atoms with E-state index in [-0.39, 0.29) is 5.54 Å². The van der Waals surface area contributed by atoms with Crippen LogP contribution < -0.4 is 0 Å². The lowest BCUT2D eigenvalue weighted by atomic mass is 10.2. The first-order valence-electron chi connectivity index (χ1n) is 4.40. The van der Waals surface area contributed by atoms with Crippen molar-refractivity contribution in [1.82, 2.24) is 4.90 Å². The van der Waals surface area contributed by atoms with E-state index in [1.54, 1.807) is 11.3 Å². The molecule has 0 atom stereocenters. The molecular formula is C10H12N2S. The van der Waals surface area contributed by atoms with Crippen molar-refractivity contribution in [3.63, 3.8) is 0 Å². The summed E-state index contributed by atoms with van der Waals surface area (Å²) in [5.41, 5.74) is 1.18. The Morgan fingerprint density at radius 1 is 1.69 bits per heavy atom. The number of hydrogen-bond donors (Lipinski definition) is 0. The summed E-state index contributed by atoms with van der Waals surface area (Å²) >= 11 is 1.71. The summed E-state index contributed by atoms with van der Waals surface area (Å²) in [7, 11) is 2.04. The first-order valence-corrected chi connectivity index (χ1v) is 5.35. The van der Waals surface area contributed by atoms with Crippen molar-refractivity contribution in [3.05, 3.63) is 22.4 Å². The van der Waals surface area contributed by atoms with Crippen LogP contribution in [0.3, 0.4) is 0 Å². The zero-order valence-electron chi connectivity index (χ0n) is 7.66. The van der Waals surface area contributed by atoms with Gasteiger partial charge in [-0.25, -0.2) is 0 Å². The number of thiophene rings is 1. The predicted octanol–water partition coefficient (Wildman–Crippen LogP) is 2.24. The topological polar surface area (TPSA) is 27.0 Å². The Morgan fingerprint density at radius 3 is 2.92 bits per heavy atom. The summed E-state index contributed by atoms with van der Waals surface area (Å²) < 4.78 is 0. The Balaban J connectivity index is 2.00. The van der Waals surface area contributed by atoms with Gasteiger partial charge in [0.25, 0.3) is 0 Å². The fraction of sp³-hybridized carbons (Fsp3) is 0.500. The molecule has 0 unspecified atom stereocenters. The Morgan fingerprint density at radius 2 is 2.46 bits per heavy atom. The second-order valence-electron chi connectivity index (χ2n) is 3.63. The molecule has 1 saturated carbocycles. The second-order valence-corrected chi connectivity index (χ2v) is 4.41. The number of hydrogen-bond acceptors (Lipinski definition) is 3. The Bertz CT molecular complexity index is 319. The van der Waals surface area contributed by atoms with E-state index in [9.17, 15) is 0 Å². The molecule has 0 radical (unpaired) electrons. The first-order chi connectivity index (χ1) is 6.27. The predicted molar refractivity (Wildman–Crippen MR) is 53.4 cm³/mol. The minimum Gasteiger partial charge on any atom is -0.284 e. The minimum atomic E-state index is -0.137. The molecule has 1 aliphatic rings. The van der Waals surface area contributed by atoms with Crippen LogP contribution in [0.2, 0.25) is 0 Å². The molecule has 1 aliphatic carbocycles. The Hall–Kier alpha value is -0.850. The van der Waals surface area contributed by atoms with Crippen LogP contribution in [-0.2, 0) is 6.54 Å². The molecule has 1 heterocycles. The van der Waals surface area contributed by atoms with Gasteiger partial charge in [0.15, 0.2) is 0 Å². The lowest BCUT2D eigenvalue weighted by molar-refractivity contribution is 0.262. The molecule has 1 aromatic rings. The molecule has 0 bridgehead atoms. The molecular weight excluding hydrogens is 180 g/mol. The molecule has 0 saturated heterocycles. The molecule has 2 nitrogen and oxygen atoms in total. The third-order valence-corrected chi connectivity index (χ3v) is 3.39. The van der Waals surface area contributed by atoms with Gasteiger partial charge in [-0.05, 0) is 42.3 Å². The van der Waals surface area contributed by atoms with Crippen molar-refractivity contribution in [2.24, 2.45) is 0 Å². The van der Waals surface area contributed by atoms with E-state index >= 15 is 0 Å². The molecule has 1 aromatic heterocycles. The third kappa shape index (κ3) is 1.60. The van der Waals surface area contributed by atoms with Gasteiger partial charge < -0.3 is 0 Å². The average Bonchev–Trinajstić information content (AvgIpc) is 2.79. The first kappa shape index (κ1) is 8.74. The van der Waals surface area contributed by atoms with Crippen LogP contribution in [0.25, 0.3) is 0 Å². The van der Waals surface area contributed by atoms with Crippen LogP contribution in [0.1, 0.15) is 18.4 Å². The molecule has 2 rings (SSSR count). The fourth-order valence-electron chi connectivity index (χ4n) is 1.51. The Kier molecular flexibility index (Phi) is 2.10. The van der Waals surface area contributed by atoms with Gasteiger partial charge in [0.05, 0.1) is 6.07 Å². The maximum atomic E-state index is 8.97. The van der Waals surface area contributed by atoms with Gasteiger partial charge in [-0.3, -0.25) is 4.90 Å². The molecule has 13 heavy (non-hydrogen) atoms. The zero-order chi connectivity index (χ0) is 9.31. The molecule has 0 aliphatic heterocycles. The summed E-state index contributed by atoms with van der Waals surface area (Å²) in [6.45, 7) is 0.900. The van der Waals surface area contributed by atoms with Crippen molar-refractivity contribution in [2.45, 2.75) is 24.9 Å². The summed E-state index contributed by atoms with van der Waals surface area (Å²) in [5, 5.41) is 13.2. The van der Waals surface area contributed by atoms with E-state index in [0.29, 0.717) is 0 Å². The summed E-state index contributed by atoms with van der Waals surface area (Å²) in [6, 6.07) is 4.51. The van der Waals surface area contributed by atoms with Crippen LogP contribution in [0.15, 0.2) is 16.8 Å². The van der Waals surface area contributed by atoms with E-state index in [1.807, 2.05) is 7.05 Å². The van der Waals surface area contributed by atoms with Crippen LogP contribution in [0.4, 0.5) is 0 Å². The molecule has 3 heteroatoms. The minimum absolute atomic E-state index is 0.137. The third-order valence-electron chi connectivity index (χ3n) is 2.66. The van der Waals surface area contributed by atoms with Gasteiger partial charge >= 0.3 is 0 Å². The van der Waals surface area contributed by atoms with E-state index < -0.39 is 0 Å². The van der Waals surface area contributed by atoms with Crippen LogP contribution in [0.5, 0.6) is 0 Å². The number of nitrogens with zero attached hydrogens (tertiary/aromatic N) is 2. The summed E-state index contributed by atoms with van der Waals surface area (Å²) in [5.74, 6) is 0. The fourth-order valence-corrected chi connectivity index (χ4v) is 2.16. The molecule has 1 fully saturated rings. The van der Waals surface area contributed by atoms with Gasteiger partial charge in [-0.2, -0.15) is 16.6 Å². The smallest absolute Gasteiger partial charge is 0.109 e.